The first-order chi connectivity index (χ1) is 15.7. The Bertz CT molecular complexity index is 1140. The Kier molecular flexibility index (Phi) is 7.44. The van der Waals surface area contributed by atoms with Gasteiger partial charge in [-0.1, -0.05) is 30.3 Å². The molecular formula is C22H24N2O9. The summed E-state index contributed by atoms with van der Waals surface area (Å²) in [6.45, 7) is 3.19. The number of aromatic nitrogens is 2. The van der Waals surface area contributed by atoms with Crippen molar-refractivity contribution in [1.29, 1.82) is 0 Å². The number of benzene rings is 1. The molecule has 2 aromatic rings. The maximum atomic E-state index is 12.7. The number of ether oxygens (including phenoxy) is 4. The van der Waals surface area contributed by atoms with Crippen LogP contribution < -0.4 is 11.2 Å². The van der Waals surface area contributed by atoms with E-state index in [1.807, 2.05) is 30.3 Å². The average Bonchev–Trinajstić information content (AvgIpc) is 3.05. The summed E-state index contributed by atoms with van der Waals surface area (Å²) in [4.78, 5) is 62.0. The summed E-state index contributed by atoms with van der Waals surface area (Å²) in [5.41, 5.74) is -0.287. The van der Waals surface area contributed by atoms with Gasteiger partial charge in [0.05, 0.1) is 0 Å². The molecule has 0 saturated carbocycles. The van der Waals surface area contributed by atoms with Crippen LogP contribution in [0.15, 0.2) is 46.1 Å². The van der Waals surface area contributed by atoms with Crippen molar-refractivity contribution in [3.8, 4) is 0 Å². The van der Waals surface area contributed by atoms with E-state index in [0.29, 0.717) is 0 Å². The molecule has 4 atom stereocenters. The zero-order valence-corrected chi connectivity index (χ0v) is 18.3. The second kappa shape index (κ2) is 10.3. The van der Waals surface area contributed by atoms with Gasteiger partial charge in [0.1, 0.15) is 12.7 Å². The van der Waals surface area contributed by atoms with Crippen molar-refractivity contribution in [1.82, 2.24) is 9.55 Å². The minimum atomic E-state index is -1.25. The fourth-order valence-electron chi connectivity index (χ4n) is 3.57. The van der Waals surface area contributed by atoms with Crippen molar-refractivity contribution >= 4 is 17.9 Å². The van der Waals surface area contributed by atoms with E-state index in [4.69, 9.17) is 18.9 Å². The number of nitrogens with one attached hydrogen (secondary N) is 1. The number of hydrogen-bond donors (Lipinski definition) is 1. The summed E-state index contributed by atoms with van der Waals surface area (Å²) in [5, 5.41) is 0. The highest BCUT2D eigenvalue weighted by Gasteiger charge is 2.51. The number of carbonyl (C=O) groups is 3. The summed E-state index contributed by atoms with van der Waals surface area (Å²) in [7, 11) is 0. The minimum absolute atomic E-state index is 0.228. The standard InChI is InChI=1S/C22H24N2O9/c1-12(25)30-11-17-18(31-13(2)26)19(32-14(3)27)21(33-17)24-10-16(20(28)23-22(24)29)9-15-7-5-4-6-8-15/h4-8,10,17-19,21H,9,11H2,1-3H3,(H,23,28,29)/t17-,18+,19-,21-/m1/s1. The lowest BCUT2D eigenvalue weighted by Crippen LogP contribution is -2.42. The van der Waals surface area contributed by atoms with E-state index in [0.717, 1.165) is 24.0 Å². The smallest absolute Gasteiger partial charge is 0.330 e. The second-order valence-corrected chi connectivity index (χ2v) is 7.50. The first kappa shape index (κ1) is 23.9. The lowest BCUT2D eigenvalue weighted by atomic mass is 10.1. The lowest BCUT2D eigenvalue weighted by Gasteiger charge is -2.24. The summed E-state index contributed by atoms with van der Waals surface area (Å²) in [6.07, 6.45) is -3.13. The molecule has 176 valence electrons. The first-order valence-electron chi connectivity index (χ1n) is 10.2. The minimum Gasteiger partial charge on any atom is -0.463 e. The van der Waals surface area contributed by atoms with E-state index in [-0.39, 0.29) is 18.6 Å². The van der Waals surface area contributed by atoms with Crippen molar-refractivity contribution in [2.45, 2.75) is 51.7 Å². The van der Waals surface area contributed by atoms with Gasteiger partial charge in [-0.15, -0.1) is 0 Å². The highest BCUT2D eigenvalue weighted by Crippen LogP contribution is 2.33. The third-order valence-corrected chi connectivity index (χ3v) is 4.89. The molecule has 11 heteroatoms. The van der Waals surface area contributed by atoms with Crippen molar-refractivity contribution in [2.75, 3.05) is 6.61 Å². The molecule has 0 aliphatic carbocycles. The molecule has 1 aliphatic rings. The normalized spacial score (nSPS) is 21.9. The quantitative estimate of drug-likeness (QED) is 0.460. The largest absolute Gasteiger partial charge is 0.463 e. The molecule has 1 aromatic carbocycles. The summed E-state index contributed by atoms with van der Waals surface area (Å²) in [6, 6.07) is 9.13. The number of H-pyrrole nitrogens is 1. The number of hydrogen-bond acceptors (Lipinski definition) is 9. The Labute approximate surface area is 188 Å². The molecule has 0 spiro atoms. The van der Waals surface area contributed by atoms with Gasteiger partial charge in [0.2, 0.25) is 0 Å². The Morgan fingerprint density at radius 1 is 0.970 bits per heavy atom. The maximum absolute atomic E-state index is 12.7. The van der Waals surface area contributed by atoms with Gasteiger partial charge in [0.25, 0.3) is 5.56 Å². The van der Waals surface area contributed by atoms with Gasteiger partial charge < -0.3 is 18.9 Å². The van der Waals surface area contributed by atoms with Crippen LogP contribution in [0.5, 0.6) is 0 Å². The molecular weight excluding hydrogens is 436 g/mol. The van der Waals surface area contributed by atoms with E-state index < -0.39 is 53.7 Å². The number of rotatable bonds is 7. The van der Waals surface area contributed by atoms with Crippen molar-refractivity contribution in [3.63, 3.8) is 0 Å². The van der Waals surface area contributed by atoms with Gasteiger partial charge in [-0.3, -0.25) is 28.7 Å². The molecule has 3 rings (SSSR count). The first-order valence-corrected chi connectivity index (χ1v) is 10.2. The Morgan fingerprint density at radius 2 is 1.61 bits per heavy atom. The Morgan fingerprint density at radius 3 is 2.21 bits per heavy atom. The molecule has 0 amide bonds. The fraction of sp³-hybridized carbons (Fsp3) is 0.409. The SMILES string of the molecule is CC(=O)OC[C@H]1O[C@@H](n2cc(Cc3ccccc3)c(=O)[nH]c2=O)[C@H](OC(C)=O)[C@H]1OC(C)=O. The van der Waals surface area contributed by atoms with Crippen LogP contribution in [-0.4, -0.2) is 52.4 Å². The molecule has 11 nitrogen and oxygen atoms in total. The van der Waals surface area contributed by atoms with Crippen molar-refractivity contribution < 1.29 is 33.3 Å². The molecule has 1 fully saturated rings. The van der Waals surface area contributed by atoms with Crippen molar-refractivity contribution in [3.05, 3.63) is 68.5 Å². The molecule has 1 aliphatic heterocycles. The average molecular weight is 460 g/mol. The van der Waals surface area contributed by atoms with Crippen molar-refractivity contribution in [2.24, 2.45) is 0 Å². The summed E-state index contributed by atoms with van der Waals surface area (Å²) in [5.74, 6) is -1.99. The van der Waals surface area contributed by atoms with E-state index >= 15 is 0 Å². The van der Waals surface area contributed by atoms with Gasteiger partial charge >= 0.3 is 23.6 Å². The fourth-order valence-corrected chi connectivity index (χ4v) is 3.57. The van der Waals surface area contributed by atoms with Gasteiger partial charge in [0, 0.05) is 39.0 Å². The Hall–Kier alpha value is -3.73. The summed E-state index contributed by atoms with van der Waals surface area (Å²) >= 11 is 0. The Balaban J connectivity index is 2.02. The van der Waals surface area contributed by atoms with Gasteiger partial charge in [-0.2, -0.15) is 0 Å². The van der Waals surface area contributed by atoms with Crippen LogP contribution in [-0.2, 0) is 39.8 Å². The van der Waals surface area contributed by atoms with E-state index in [9.17, 15) is 24.0 Å². The van der Waals surface area contributed by atoms with Crippen LogP contribution in [0.4, 0.5) is 0 Å². The van der Waals surface area contributed by atoms with Gasteiger partial charge in [-0.25, -0.2) is 4.79 Å². The number of aromatic amines is 1. The van der Waals surface area contributed by atoms with Crippen LogP contribution in [0.2, 0.25) is 0 Å². The lowest BCUT2D eigenvalue weighted by molar-refractivity contribution is -0.166. The van der Waals surface area contributed by atoms with Crippen LogP contribution in [0.1, 0.15) is 38.1 Å². The van der Waals surface area contributed by atoms with Crippen LogP contribution >= 0.6 is 0 Å². The molecule has 0 bridgehead atoms. The molecule has 0 unspecified atom stereocenters. The molecule has 1 saturated heterocycles. The predicted molar refractivity (Wildman–Crippen MR) is 112 cm³/mol. The van der Waals surface area contributed by atoms with Crippen LogP contribution in [0.3, 0.4) is 0 Å². The maximum Gasteiger partial charge on any atom is 0.330 e. The number of nitrogens with zero attached hydrogens (tertiary/aromatic N) is 1. The third-order valence-electron chi connectivity index (χ3n) is 4.89. The zero-order chi connectivity index (χ0) is 24.1. The summed E-state index contributed by atoms with van der Waals surface area (Å²) < 4.78 is 22.5. The zero-order valence-electron chi connectivity index (χ0n) is 18.3. The van der Waals surface area contributed by atoms with E-state index in [1.54, 1.807) is 0 Å². The molecule has 2 heterocycles. The molecule has 1 N–H and O–H groups in total. The number of carbonyl (C=O) groups excluding carboxylic acids is 3. The second-order valence-electron chi connectivity index (χ2n) is 7.50. The number of esters is 3. The van der Waals surface area contributed by atoms with E-state index in [2.05, 4.69) is 4.98 Å². The van der Waals surface area contributed by atoms with Gasteiger partial charge in [0.15, 0.2) is 18.4 Å². The highest BCUT2D eigenvalue weighted by atomic mass is 16.7. The monoisotopic (exact) mass is 460 g/mol. The molecule has 33 heavy (non-hydrogen) atoms. The highest BCUT2D eigenvalue weighted by molar-refractivity contribution is 5.68. The van der Waals surface area contributed by atoms with Crippen LogP contribution in [0.25, 0.3) is 0 Å². The topological polar surface area (TPSA) is 143 Å². The third kappa shape index (κ3) is 5.95. The van der Waals surface area contributed by atoms with Gasteiger partial charge in [-0.05, 0) is 5.56 Å². The van der Waals surface area contributed by atoms with Crippen LogP contribution in [0, 0.1) is 0 Å². The predicted octanol–water partition coefficient (Wildman–Crippen LogP) is 0.451. The molecule has 1 aromatic heterocycles. The van der Waals surface area contributed by atoms with E-state index in [1.165, 1.54) is 13.1 Å². The molecule has 0 radical (unpaired) electrons.